The van der Waals surface area contributed by atoms with E-state index in [1.807, 2.05) is 0 Å². The molecule has 0 bridgehead atoms. The summed E-state index contributed by atoms with van der Waals surface area (Å²) in [6.45, 7) is 0. The first-order valence-corrected chi connectivity index (χ1v) is 8.48. The highest BCUT2D eigenvalue weighted by molar-refractivity contribution is 9.10. The third-order valence-corrected chi connectivity index (χ3v) is 5.50. The van der Waals surface area contributed by atoms with Crippen LogP contribution >= 0.6 is 27.5 Å². The van der Waals surface area contributed by atoms with Crippen LogP contribution in [0.1, 0.15) is 10.4 Å². The first-order chi connectivity index (χ1) is 9.40. The van der Waals surface area contributed by atoms with Gasteiger partial charge >= 0.3 is 0 Å². The van der Waals surface area contributed by atoms with E-state index in [1.165, 1.54) is 12.1 Å². The summed E-state index contributed by atoms with van der Waals surface area (Å²) in [5.41, 5.74) is 0.285. The molecule has 2 rings (SSSR count). The molecule has 0 amide bonds. The zero-order chi connectivity index (χ0) is 14.8. The Morgan fingerprint density at radius 2 is 1.80 bits per heavy atom. The van der Waals surface area contributed by atoms with E-state index in [1.54, 1.807) is 36.4 Å². The van der Waals surface area contributed by atoms with Crippen LogP contribution in [0.5, 0.6) is 0 Å². The molecule has 0 aromatic heterocycles. The number of hydrogen-bond donors (Lipinski definition) is 0. The topological polar surface area (TPSA) is 51.2 Å². The van der Waals surface area contributed by atoms with E-state index in [0.717, 1.165) is 0 Å². The molecule has 0 saturated carbocycles. The van der Waals surface area contributed by atoms with Crippen LogP contribution in [0.15, 0.2) is 57.9 Å². The van der Waals surface area contributed by atoms with Crippen molar-refractivity contribution >= 4 is 43.2 Å². The average molecular weight is 374 g/mol. The minimum atomic E-state index is -3.69. The summed E-state index contributed by atoms with van der Waals surface area (Å²) in [5.74, 6) is -1.07. The highest BCUT2D eigenvalue weighted by atomic mass is 79.9. The Morgan fingerprint density at radius 3 is 2.45 bits per heavy atom. The van der Waals surface area contributed by atoms with Gasteiger partial charge in [0.05, 0.1) is 4.90 Å². The fourth-order valence-electron chi connectivity index (χ4n) is 1.69. The first-order valence-electron chi connectivity index (χ1n) is 5.66. The standard InChI is InChI=1S/C14H10BrClO3S/c15-12-6-1-2-7-14(12)20(18,19)9-13(17)10-4-3-5-11(16)8-10/h1-8H,9H2. The van der Waals surface area contributed by atoms with Crippen molar-refractivity contribution in [3.63, 3.8) is 0 Å². The second-order valence-corrected chi connectivity index (χ2v) is 7.37. The Bertz CT molecular complexity index is 757. The van der Waals surface area contributed by atoms with E-state index in [9.17, 15) is 13.2 Å². The molecule has 0 spiro atoms. The molecular formula is C14H10BrClO3S. The second-order valence-electron chi connectivity index (χ2n) is 4.12. The van der Waals surface area contributed by atoms with Gasteiger partial charge in [-0.1, -0.05) is 35.9 Å². The number of halogens is 2. The molecule has 0 N–H and O–H groups in total. The van der Waals surface area contributed by atoms with Crippen molar-refractivity contribution in [3.05, 3.63) is 63.6 Å². The summed E-state index contributed by atoms with van der Waals surface area (Å²) >= 11 is 8.97. The van der Waals surface area contributed by atoms with E-state index in [-0.39, 0.29) is 10.5 Å². The molecule has 0 saturated heterocycles. The van der Waals surface area contributed by atoms with Crippen LogP contribution in [-0.2, 0) is 9.84 Å². The van der Waals surface area contributed by atoms with Gasteiger partial charge in [0.1, 0.15) is 5.75 Å². The fourth-order valence-corrected chi connectivity index (χ4v) is 4.23. The Kier molecular flexibility index (Phi) is 4.62. The van der Waals surface area contributed by atoms with Crippen LogP contribution in [0.2, 0.25) is 5.02 Å². The van der Waals surface area contributed by atoms with E-state index in [0.29, 0.717) is 9.50 Å². The van der Waals surface area contributed by atoms with Crippen molar-refractivity contribution in [1.82, 2.24) is 0 Å². The number of carbonyl (C=O) groups is 1. The number of Topliss-reactive ketones (excluding diaryl/α,β-unsaturated/α-hetero) is 1. The lowest BCUT2D eigenvalue weighted by Crippen LogP contribution is -2.16. The van der Waals surface area contributed by atoms with Crippen LogP contribution in [0.4, 0.5) is 0 Å². The van der Waals surface area contributed by atoms with Gasteiger partial charge in [0.2, 0.25) is 0 Å². The molecule has 0 aliphatic heterocycles. The second kappa shape index (κ2) is 6.08. The summed E-state index contributed by atoms with van der Waals surface area (Å²) in [7, 11) is -3.69. The summed E-state index contributed by atoms with van der Waals surface area (Å²) < 4.78 is 24.9. The number of rotatable bonds is 4. The normalized spacial score (nSPS) is 11.3. The Labute approximate surface area is 130 Å². The minimum absolute atomic E-state index is 0.107. The van der Waals surface area contributed by atoms with Gasteiger partial charge in [-0.25, -0.2) is 8.42 Å². The van der Waals surface area contributed by atoms with Crippen molar-refractivity contribution < 1.29 is 13.2 Å². The zero-order valence-corrected chi connectivity index (χ0v) is 13.4. The van der Waals surface area contributed by atoms with Crippen molar-refractivity contribution in [2.24, 2.45) is 0 Å². The number of sulfone groups is 1. The molecule has 0 atom stereocenters. The third kappa shape index (κ3) is 3.48. The SMILES string of the molecule is O=C(CS(=O)(=O)c1ccccc1Br)c1cccc(Cl)c1. The molecule has 6 heteroatoms. The molecule has 0 radical (unpaired) electrons. The molecule has 0 aliphatic carbocycles. The minimum Gasteiger partial charge on any atom is -0.293 e. The monoisotopic (exact) mass is 372 g/mol. The van der Waals surface area contributed by atoms with Crippen molar-refractivity contribution in [1.29, 1.82) is 0 Å². The summed E-state index contributed by atoms with van der Waals surface area (Å²) in [6.07, 6.45) is 0. The van der Waals surface area contributed by atoms with Crippen LogP contribution in [0, 0.1) is 0 Å². The van der Waals surface area contributed by atoms with Gasteiger partial charge in [-0.2, -0.15) is 0 Å². The molecule has 0 heterocycles. The summed E-state index contributed by atoms with van der Waals surface area (Å²) in [6, 6.07) is 12.6. The predicted molar refractivity (Wildman–Crippen MR) is 82.0 cm³/mol. The lowest BCUT2D eigenvalue weighted by atomic mass is 10.1. The van der Waals surface area contributed by atoms with Gasteiger partial charge < -0.3 is 0 Å². The van der Waals surface area contributed by atoms with E-state index in [4.69, 9.17) is 11.6 Å². The molecule has 2 aromatic rings. The first kappa shape index (κ1) is 15.2. The van der Waals surface area contributed by atoms with E-state index >= 15 is 0 Å². The average Bonchev–Trinajstić information content (AvgIpc) is 2.38. The molecule has 20 heavy (non-hydrogen) atoms. The molecule has 0 aliphatic rings. The summed E-state index contributed by atoms with van der Waals surface area (Å²) in [4.78, 5) is 12.2. The van der Waals surface area contributed by atoms with Gasteiger partial charge in [-0.3, -0.25) is 4.79 Å². The number of benzene rings is 2. The molecule has 104 valence electrons. The van der Waals surface area contributed by atoms with Gasteiger partial charge in [0, 0.05) is 15.1 Å². The fraction of sp³-hybridized carbons (Fsp3) is 0.0714. The molecule has 0 fully saturated rings. The van der Waals surface area contributed by atoms with E-state index in [2.05, 4.69) is 15.9 Å². The molecule has 3 nitrogen and oxygen atoms in total. The van der Waals surface area contributed by atoms with Crippen LogP contribution in [0.25, 0.3) is 0 Å². The predicted octanol–water partition coefficient (Wildman–Crippen LogP) is 3.76. The lowest BCUT2D eigenvalue weighted by molar-refractivity contribution is 0.102. The van der Waals surface area contributed by atoms with Crippen LogP contribution < -0.4 is 0 Å². The third-order valence-electron chi connectivity index (χ3n) is 2.64. The number of carbonyl (C=O) groups excluding carboxylic acids is 1. The number of hydrogen-bond acceptors (Lipinski definition) is 3. The lowest BCUT2D eigenvalue weighted by Gasteiger charge is -2.06. The van der Waals surface area contributed by atoms with Gasteiger partial charge in [0.15, 0.2) is 15.6 Å². The maximum atomic E-state index is 12.2. The quantitative estimate of drug-likeness (QED) is 0.767. The largest absolute Gasteiger partial charge is 0.293 e. The molecular weight excluding hydrogens is 364 g/mol. The van der Waals surface area contributed by atoms with Crippen LogP contribution in [-0.4, -0.2) is 20.0 Å². The maximum absolute atomic E-state index is 12.2. The van der Waals surface area contributed by atoms with Gasteiger partial charge in [-0.15, -0.1) is 0 Å². The smallest absolute Gasteiger partial charge is 0.186 e. The Hall–Kier alpha value is -1.17. The summed E-state index contributed by atoms with van der Waals surface area (Å²) in [5, 5.41) is 0.397. The maximum Gasteiger partial charge on any atom is 0.186 e. The highest BCUT2D eigenvalue weighted by Gasteiger charge is 2.22. The van der Waals surface area contributed by atoms with Gasteiger partial charge in [0.25, 0.3) is 0 Å². The van der Waals surface area contributed by atoms with Crippen molar-refractivity contribution in [3.8, 4) is 0 Å². The zero-order valence-electron chi connectivity index (χ0n) is 10.2. The van der Waals surface area contributed by atoms with Gasteiger partial charge in [-0.05, 0) is 40.2 Å². The number of ketones is 1. The highest BCUT2D eigenvalue weighted by Crippen LogP contribution is 2.23. The Morgan fingerprint density at radius 1 is 1.10 bits per heavy atom. The van der Waals surface area contributed by atoms with E-state index < -0.39 is 21.4 Å². The van der Waals surface area contributed by atoms with Crippen LogP contribution in [0.3, 0.4) is 0 Å². The van der Waals surface area contributed by atoms with Crippen molar-refractivity contribution in [2.75, 3.05) is 5.75 Å². The molecule has 2 aromatic carbocycles. The van der Waals surface area contributed by atoms with Crippen molar-refractivity contribution in [2.45, 2.75) is 4.90 Å². The molecule has 0 unspecified atom stereocenters. The Balaban J connectivity index is 2.30.